The van der Waals surface area contributed by atoms with Crippen molar-refractivity contribution >= 4 is 38.6 Å². The zero-order valence-electron chi connectivity index (χ0n) is 10.2. The lowest BCUT2D eigenvalue weighted by Crippen LogP contribution is -2.14. The number of nitrogens with one attached hydrogen (secondary N) is 1. The largest absolute Gasteiger partial charge is 0.380 e. The van der Waals surface area contributed by atoms with Gasteiger partial charge in [-0.15, -0.1) is 11.3 Å². The third-order valence-electron chi connectivity index (χ3n) is 2.58. The zero-order valence-corrected chi connectivity index (χ0v) is 12.6. The molecule has 0 atom stereocenters. The van der Waals surface area contributed by atoms with E-state index in [1.165, 1.54) is 0 Å². The first-order valence-corrected chi connectivity index (χ1v) is 8.27. The van der Waals surface area contributed by atoms with Crippen LogP contribution in [0.2, 0.25) is 5.02 Å². The molecule has 1 heterocycles. The average Bonchev–Trinajstić information content (AvgIpc) is 2.72. The quantitative estimate of drug-likeness (QED) is 0.911. The summed E-state index contributed by atoms with van der Waals surface area (Å²) in [5, 5.41) is 10.9. The Morgan fingerprint density at radius 1 is 1.37 bits per heavy atom. The van der Waals surface area contributed by atoms with Crippen LogP contribution in [0.5, 0.6) is 0 Å². The van der Waals surface area contributed by atoms with Gasteiger partial charge in [0.25, 0.3) is 0 Å². The van der Waals surface area contributed by atoms with E-state index in [1.54, 1.807) is 30.4 Å². The van der Waals surface area contributed by atoms with E-state index in [9.17, 15) is 8.42 Å². The van der Waals surface area contributed by atoms with Gasteiger partial charge in [-0.2, -0.15) is 0 Å². The van der Waals surface area contributed by atoms with Crippen molar-refractivity contribution in [3.63, 3.8) is 0 Å². The van der Waals surface area contributed by atoms with Crippen molar-refractivity contribution in [3.8, 4) is 0 Å². The standard InChI is InChI=1S/C12H13ClN2O2S2/c1-8-2-3-10(5-12(8)19(14,16)17)15-6-11-4-9(13)7-18-11/h2-5,7,15H,6H2,1H3,(H2,14,16,17). The van der Waals surface area contributed by atoms with Crippen LogP contribution in [0.1, 0.15) is 10.4 Å². The minimum absolute atomic E-state index is 0.140. The van der Waals surface area contributed by atoms with Gasteiger partial charge >= 0.3 is 0 Å². The highest BCUT2D eigenvalue weighted by molar-refractivity contribution is 7.89. The molecule has 2 aromatic rings. The smallest absolute Gasteiger partial charge is 0.238 e. The van der Waals surface area contributed by atoms with Crippen LogP contribution in [0.4, 0.5) is 5.69 Å². The minimum Gasteiger partial charge on any atom is -0.380 e. The molecule has 0 saturated carbocycles. The Labute approximate surface area is 121 Å². The summed E-state index contributed by atoms with van der Waals surface area (Å²) in [4.78, 5) is 1.21. The Morgan fingerprint density at radius 3 is 2.68 bits per heavy atom. The summed E-state index contributed by atoms with van der Waals surface area (Å²) >= 11 is 7.38. The Balaban J connectivity index is 2.18. The molecule has 0 bridgehead atoms. The highest BCUT2D eigenvalue weighted by Gasteiger charge is 2.12. The third kappa shape index (κ3) is 3.70. The van der Waals surface area contributed by atoms with E-state index in [0.717, 1.165) is 4.88 Å². The van der Waals surface area contributed by atoms with Gasteiger partial charge in [-0.3, -0.25) is 0 Å². The summed E-state index contributed by atoms with van der Waals surface area (Å²) in [5.74, 6) is 0. The molecule has 0 aliphatic carbocycles. The van der Waals surface area contributed by atoms with Crippen LogP contribution >= 0.6 is 22.9 Å². The van der Waals surface area contributed by atoms with Gasteiger partial charge in [0.15, 0.2) is 0 Å². The normalized spacial score (nSPS) is 11.5. The predicted molar refractivity (Wildman–Crippen MR) is 79.2 cm³/mol. The molecule has 0 fully saturated rings. The van der Waals surface area contributed by atoms with Crippen LogP contribution in [0.15, 0.2) is 34.5 Å². The molecule has 19 heavy (non-hydrogen) atoms. The summed E-state index contributed by atoms with van der Waals surface area (Å²) in [7, 11) is -3.69. The maximum Gasteiger partial charge on any atom is 0.238 e. The summed E-state index contributed by atoms with van der Waals surface area (Å²) in [6.07, 6.45) is 0. The third-order valence-corrected chi connectivity index (χ3v) is 4.92. The van der Waals surface area contributed by atoms with Gasteiger partial charge in [0.1, 0.15) is 0 Å². The number of nitrogens with two attached hydrogens (primary N) is 1. The van der Waals surface area contributed by atoms with Gasteiger partial charge in [-0.25, -0.2) is 13.6 Å². The fraction of sp³-hybridized carbons (Fsp3) is 0.167. The Morgan fingerprint density at radius 2 is 2.11 bits per heavy atom. The van der Waals surface area contributed by atoms with Crippen LogP contribution in [0.25, 0.3) is 0 Å². The lowest BCUT2D eigenvalue weighted by molar-refractivity contribution is 0.597. The van der Waals surface area contributed by atoms with Gasteiger partial charge in [-0.1, -0.05) is 17.7 Å². The van der Waals surface area contributed by atoms with E-state index in [2.05, 4.69) is 5.32 Å². The molecule has 0 aliphatic heterocycles. The second-order valence-electron chi connectivity index (χ2n) is 4.11. The molecule has 0 aliphatic rings. The molecular weight excluding hydrogens is 304 g/mol. The first-order valence-electron chi connectivity index (χ1n) is 5.46. The van der Waals surface area contributed by atoms with Gasteiger partial charge in [0, 0.05) is 22.5 Å². The highest BCUT2D eigenvalue weighted by atomic mass is 35.5. The monoisotopic (exact) mass is 316 g/mol. The van der Waals surface area contributed by atoms with E-state index < -0.39 is 10.0 Å². The fourth-order valence-electron chi connectivity index (χ4n) is 1.65. The predicted octanol–water partition coefficient (Wildman–Crippen LogP) is 2.97. The minimum atomic E-state index is -3.69. The molecule has 0 amide bonds. The summed E-state index contributed by atoms with van der Waals surface area (Å²) in [5.41, 5.74) is 1.34. The first-order chi connectivity index (χ1) is 8.86. The molecule has 7 heteroatoms. The second-order valence-corrected chi connectivity index (χ2v) is 7.07. The number of anilines is 1. The number of aryl methyl sites for hydroxylation is 1. The summed E-state index contributed by atoms with van der Waals surface area (Å²) < 4.78 is 22.8. The fourth-order valence-corrected chi connectivity index (χ4v) is 3.47. The van der Waals surface area contributed by atoms with Gasteiger partial charge in [-0.05, 0) is 30.7 Å². The lowest BCUT2D eigenvalue weighted by Gasteiger charge is -2.09. The Kier molecular flexibility index (Phi) is 4.15. The first kappa shape index (κ1) is 14.3. The van der Waals surface area contributed by atoms with Gasteiger partial charge in [0.2, 0.25) is 10.0 Å². The summed E-state index contributed by atoms with van der Waals surface area (Å²) in [6, 6.07) is 6.95. The van der Waals surface area contributed by atoms with E-state index in [0.29, 0.717) is 22.8 Å². The topological polar surface area (TPSA) is 72.2 Å². The zero-order chi connectivity index (χ0) is 14.0. The van der Waals surface area contributed by atoms with Crippen molar-refractivity contribution in [2.75, 3.05) is 5.32 Å². The van der Waals surface area contributed by atoms with Crippen LogP contribution in [-0.4, -0.2) is 8.42 Å². The highest BCUT2D eigenvalue weighted by Crippen LogP contribution is 2.22. The van der Waals surface area contributed by atoms with Crippen molar-refractivity contribution in [1.82, 2.24) is 0 Å². The SMILES string of the molecule is Cc1ccc(NCc2cc(Cl)cs2)cc1S(N)(=O)=O. The molecule has 0 saturated heterocycles. The van der Waals surface area contributed by atoms with Crippen molar-refractivity contribution < 1.29 is 8.42 Å². The molecule has 3 N–H and O–H groups in total. The Hall–Kier alpha value is -1.08. The van der Waals surface area contributed by atoms with Crippen LogP contribution in [0.3, 0.4) is 0 Å². The molecule has 0 unspecified atom stereocenters. The molecule has 1 aromatic carbocycles. The number of thiophene rings is 1. The van der Waals surface area contributed by atoms with E-state index in [-0.39, 0.29) is 4.90 Å². The maximum absolute atomic E-state index is 11.4. The van der Waals surface area contributed by atoms with Crippen molar-refractivity contribution in [1.29, 1.82) is 0 Å². The molecule has 102 valence electrons. The average molecular weight is 317 g/mol. The molecular formula is C12H13ClN2O2S2. The molecule has 0 spiro atoms. The van der Waals surface area contributed by atoms with Crippen molar-refractivity contribution in [2.45, 2.75) is 18.4 Å². The van der Waals surface area contributed by atoms with Gasteiger partial charge in [0.05, 0.1) is 9.92 Å². The van der Waals surface area contributed by atoms with Crippen LogP contribution in [0, 0.1) is 6.92 Å². The molecule has 2 rings (SSSR count). The number of sulfonamides is 1. The van der Waals surface area contributed by atoms with Gasteiger partial charge < -0.3 is 5.32 Å². The molecule has 4 nitrogen and oxygen atoms in total. The van der Waals surface area contributed by atoms with E-state index >= 15 is 0 Å². The number of benzene rings is 1. The number of primary sulfonamides is 1. The van der Waals surface area contributed by atoms with Crippen molar-refractivity contribution in [2.24, 2.45) is 5.14 Å². The molecule has 1 aromatic heterocycles. The lowest BCUT2D eigenvalue weighted by atomic mass is 10.2. The number of halogens is 1. The van der Waals surface area contributed by atoms with E-state index in [1.807, 2.05) is 17.5 Å². The Bertz CT molecular complexity index is 696. The number of hydrogen-bond acceptors (Lipinski definition) is 4. The maximum atomic E-state index is 11.4. The number of rotatable bonds is 4. The number of hydrogen-bond donors (Lipinski definition) is 2. The van der Waals surface area contributed by atoms with E-state index in [4.69, 9.17) is 16.7 Å². The second kappa shape index (κ2) is 5.50. The van der Waals surface area contributed by atoms with Crippen LogP contribution in [-0.2, 0) is 16.6 Å². The summed E-state index contributed by atoms with van der Waals surface area (Å²) in [6.45, 7) is 2.30. The van der Waals surface area contributed by atoms with Crippen molar-refractivity contribution in [3.05, 3.63) is 45.1 Å². The van der Waals surface area contributed by atoms with Crippen LogP contribution < -0.4 is 10.5 Å². The molecule has 0 radical (unpaired) electrons.